The Kier molecular flexibility index (Phi) is 2.96. The number of imidazole rings is 2. The van der Waals surface area contributed by atoms with E-state index in [2.05, 4.69) is 42.6 Å². The zero-order valence-corrected chi connectivity index (χ0v) is 11.7. The van der Waals surface area contributed by atoms with Gasteiger partial charge in [0.05, 0.1) is 24.5 Å². The third-order valence-electron chi connectivity index (χ3n) is 3.99. The molecule has 1 aromatic carbocycles. The monoisotopic (exact) mass is 279 g/mol. The van der Waals surface area contributed by atoms with Gasteiger partial charge in [-0.05, 0) is 12.0 Å². The van der Waals surface area contributed by atoms with Crippen molar-refractivity contribution in [1.82, 2.24) is 19.1 Å². The molecule has 1 N–H and O–H groups in total. The first kappa shape index (κ1) is 12.2. The summed E-state index contributed by atoms with van der Waals surface area (Å²) >= 11 is 0. The Balaban J connectivity index is 1.65. The van der Waals surface area contributed by atoms with Crippen LogP contribution in [0.2, 0.25) is 0 Å². The van der Waals surface area contributed by atoms with Crippen molar-refractivity contribution in [3.05, 3.63) is 55.0 Å². The number of nitrogens with zero attached hydrogens (tertiary/aromatic N) is 4. The summed E-state index contributed by atoms with van der Waals surface area (Å²) in [7, 11) is 0. The Bertz CT molecular complexity index is 742. The second-order valence-electron chi connectivity index (χ2n) is 5.29. The minimum atomic E-state index is 0.884. The van der Waals surface area contributed by atoms with Gasteiger partial charge < -0.3 is 14.5 Å². The molecule has 0 radical (unpaired) electrons. The highest BCUT2D eigenvalue weighted by atomic mass is 15.1. The average Bonchev–Trinajstić information content (AvgIpc) is 3.25. The molecule has 0 unspecified atom stereocenters. The summed E-state index contributed by atoms with van der Waals surface area (Å²) < 4.78 is 4.28. The molecule has 2 aromatic heterocycles. The van der Waals surface area contributed by atoms with Crippen LogP contribution >= 0.6 is 0 Å². The fourth-order valence-corrected chi connectivity index (χ4v) is 2.92. The first-order valence-electron chi connectivity index (χ1n) is 7.24. The molecule has 5 nitrogen and oxygen atoms in total. The fourth-order valence-electron chi connectivity index (χ4n) is 2.92. The van der Waals surface area contributed by atoms with Crippen LogP contribution in [-0.4, -0.2) is 25.6 Å². The van der Waals surface area contributed by atoms with E-state index in [1.165, 1.54) is 22.5 Å². The van der Waals surface area contributed by atoms with Crippen molar-refractivity contribution >= 4 is 5.69 Å². The third kappa shape index (κ3) is 2.20. The maximum Gasteiger partial charge on any atom is 0.0951 e. The van der Waals surface area contributed by atoms with Gasteiger partial charge in [-0.1, -0.05) is 18.2 Å². The molecule has 5 heteroatoms. The van der Waals surface area contributed by atoms with Crippen molar-refractivity contribution in [3.63, 3.8) is 0 Å². The quantitative estimate of drug-likeness (QED) is 0.798. The number of anilines is 1. The van der Waals surface area contributed by atoms with Gasteiger partial charge in [-0.15, -0.1) is 0 Å². The van der Waals surface area contributed by atoms with Crippen LogP contribution in [-0.2, 0) is 19.5 Å². The molecule has 0 amide bonds. The fraction of sp³-hybridized carbons (Fsp3) is 0.250. The van der Waals surface area contributed by atoms with E-state index in [9.17, 15) is 0 Å². The molecule has 0 aliphatic carbocycles. The molecule has 3 aromatic rings. The lowest BCUT2D eigenvalue weighted by atomic mass is 10.1. The summed E-state index contributed by atoms with van der Waals surface area (Å²) in [5.74, 6) is 0. The molecule has 0 fully saturated rings. The summed E-state index contributed by atoms with van der Waals surface area (Å²) in [5, 5.41) is 3.50. The highest BCUT2D eigenvalue weighted by molar-refractivity contribution is 5.79. The zero-order chi connectivity index (χ0) is 14.1. The van der Waals surface area contributed by atoms with Crippen LogP contribution in [0.4, 0.5) is 5.69 Å². The lowest BCUT2D eigenvalue weighted by molar-refractivity contribution is 0.582. The van der Waals surface area contributed by atoms with E-state index in [1.807, 2.05) is 31.2 Å². The summed E-state index contributed by atoms with van der Waals surface area (Å²) in [5.41, 5.74) is 5.08. The maximum absolute atomic E-state index is 4.33. The number of aryl methyl sites for hydroxylation is 2. The number of hydrogen-bond acceptors (Lipinski definition) is 3. The highest BCUT2D eigenvalue weighted by Gasteiger charge is 2.16. The second-order valence-corrected chi connectivity index (χ2v) is 5.29. The number of hydrogen-bond donors (Lipinski definition) is 1. The maximum atomic E-state index is 4.33. The van der Waals surface area contributed by atoms with Crippen LogP contribution < -0.4 is 5.32 Å². The van der Waals surface area contributed by atoms with Gasteiger partial charge in [0.2, 0.25) is 0 Å². The van der Waals surface area contributed by atoms with Gasteiger partial charge in [-0.3, -0.25) is 0 Å². The van der Waals surface area contributed by atoms with E-state index < -0.39 is 0 Å². The molecule has 0 bridgehead atoms. The second kappa shape index (κ2) is 5.09. The molecule has 0 saturated heterocycles. The number of aromatic nitrogens is 4. The Hall–Kier alpha value is -2.56. The number of fused-ring (bicyclic) bond motifs is 1. The van der Waals surface area contributed by atoms with Gasteiger partial charge in [0.25, 0.3) is 0 Å². The van der Waals surface area contributed by atoms with Gasteiger partial charge in [0.1, 0.15) is 0 Å². The van der Waals surface area contributed by atoms with Crippen LogP contribution in [0.25, 0.3) is 11.3 Å². The lowest BCUT2D eigenvalue weighted by Crippen LogP contribution is -2.06. The van der Waals surface area contributed by atoms with E-state index in [1.54, 1.807) is 0 Å². The summed E-state index contributed by atoms with van der Waals surface area (Å²) in [6.07, 6.45) is 10.6. The van der Waals surface area contributed by atoms with E-state index in [-0.39, 0.29) is 0 Å². The van der Waals surface area contributed by atoms with Crippen molar-refractivity contribution in [2.75, 3.05) is 11.9 Å². The van der Waals surface area contributed by atoms with Gasteiger partial charge in [0, 0.05) is 43.3 Å². The molecule has 3 heterocycles. The van der Waals surface area contributed by atoms with Gasteiger partial charge in [-0.2, -0.15) is 0 Å². The normalized spacial score (nSPS) is 13.1. The first-order valence-corrected chi connectivity index (χ1v) is 7.24. The number of nitrogens with one attached hydrogen (secondary N) is 1. The topological polar surface area (TPSA) is 47.7 Å². The van der Waals surface area contributed by atoms with Crippen LogP contribution in [0.15, 0.2) is 49.4 Å². The first-order chi connectivity index (χ1) is 10.4. The highest BCUT2D eigenvalue weighted by Crippen LogP contribution is 2.34. The van der Waals surface area contributed by atoms with Crippen LogP contribution in [0.3, 0.4) is 0 Å². The molecule has 0 spiro atoms. The molecular formula is C16H17N5. The predicted octanol–water partition coefficient (Wildman–Crippen LogP) is 2.41. The summed E-state index contributed by atoms with van der Waals surface area (Å²) in [6.45, 7) is 2.80. The molecule has 1 aliphatic rings. The van der Waals surface area contributed by atoms with Gasteiger partial charge >= 0.3 is 0 Å². The largest absolute Gasteiger partial charge is 0.384 e. The molecule has 21 heavy (non-hydrogen) atoms. The Morgan fingerprint density at radius 2 is 2.14 bits per heavy atom. The molecule has 1 aliphatic heterocycles. The number of rotatable bonds is 4. The number of benzene rings is 1. The summed E-state index contributed by atoms with van der Waals surface area (Å²) in [6, 6.07) is 6.50. The SMILES string of the molecule is c1cc2c(c(-c3cncn3CCn3ccnc3)c1)NCC2. The zero-order valence-electron chi connectivity index (χ0n) is 11.7. The van der Waals surface area contributed by atoms with E-state index in [0.29, 0.717) is 0 Å². The van der Waals surface area contributed by atoms with Crippen molar-refractivity contribution in [2.24, 2.45) is 0 Å². The Morgan fingerprint density at radius 1 is 1.14 bits per heavy atom. The van der Waals surface area contributed by atoms with Crippen molar-refractivity contribution in [2.45, 2.75) is 19.5 Å². The van der Waals surface area contributed by atoms with Crippen LogP contribution in [0, 0.1) is 0 Å². The van der Waals surface area contributed by atoms with Crippen molar-refractivity contribution in [1.29, 1.82) is 0 Å². The minimum absolute atomic E-state index is 0.884. The smallest absolute Gasteiger partial charge is 0.0951 e. The summed E-state index contributed by atoms with van der Waals surface area (Å²) in [4.78, 5) is 8.41. The van der Waals surface area contributed by atoms with Gasteiger partial charge in [0.15, 0.2) is 0 Å². The van der Waals surface area contributed by atoms with Crippen molar-refractivity contribution in [3.8, 4) is 11.3 Å². The lowest BCUT2D eigenvalue weighted by Gasteiger charge is -2.12. The predicted molar refractivity (Wildman–Crippen MR) is 82.1 cm³/mol. The molecule has 106 valence electrons. The number of para-hydroxylation sites is 1. The molecule has 0 saturated carbocycles. The molecule has 4 rings (SSSR count). The third-order valence-corrected chi connectivity index (χ3v) is 3.99. The minimum Gasteiger partial charge on any atom is -0.384 e. The Morgan fingerprint density at radius 3 is 3.05 bits per heavy atom. The van der Waals surface area contributed by atoms with E-state index in [4.69, 9.17) is 0 Å². The van der Waals surface area contributed by atoms with Gasteiger partial charge in [-0.25, -0.2) is 9.97 Å². The van der Waals surface area contributed by atoms with Crippen LogP contribution in [0.1, 0.15) is 5.56 Å². The molecule has 0 atom stereocenters. The van der Waals surface area contributed by atoms with Crippen LogP contribution in [0.5, 0.6) is 0 Å². The van der Waals surface area contributed by atoms with E-state index >= 15 is 0 Å². The Labute approximate surface area is 123 Å². The average molecular weight is 279 g/mol. The van der Waals surface area contributed by atoms with Crippen molar-refractivity contribution < 1.29 is 0 Å². The van der Waals surface area contributed by atoms with E-state index in [0.717, 1.165) is 26.1 Å². The molecular weight excluding hydrogens is 262 g/mol. The standard InChI is InChI=1S/C16H17N5/c1-2-13-4-5-19-16(13)14(3-1)15-10-18-12-21(15)9-8-20-7-6-17-11-20/h1-3,6-7,10-12,19H,4-5,8-9H2.